The zero-order chi connectivity index (χ0) is 24.5. The minimum atomic E-state index is -0.873. The van der Waals surface area contributed by atoms with Gasteiger partial charge in [-0.15, -0.1) is 34.0 Å². The van der Waals surface area contributed by atoms with Gasteiger partial charge in [0.1, 0.15) is 0 Å². The van der Waals surface area contributed by atoms with E-state index in [0.29, 0.717) is 35.8 Å². The highest BCUT2D eigenvalue weighted by molar-refractivity contribution is 7.26. The van der Waals surface area contributed by atoms with Crippen molar-refractivity contribution in [1.29, 1.82) is 0 Å². The van der Waals surface area contributed by atoms with Crippen molar-refractivity contribution in [2.24, 2.45) is 28.1 Å². The molecule has 0 aromatic carbocycles. The molecule has 2 aliphatic carbocycles. The number of hydrogen-bond donors (Lipinski definition) is 0. The molecule has 180 valence electrons. The van der Waals surface area contributed by atoms with E-state index in [9.17, 15) is 9.59 Å². The highest BCUT2D eigenvalue weighted by Crippen LogP contribution is 2.61. The van der Waals surface area contributed by atoms with Gasteiger partial charge in [0, 0.05) is 20.9 Å². The average Bonchev–Trinajstić information content (AvgIpc) is 3.51. The van der Waals surface area contributed by atoms with Gasteiger partial charge in [-0.1, -0.05) is 53.7 Å². The lowest BCUT2D eigenvalue weighted by Crippen LogP contribution is -2.31. The normalized spacial score (nSPS) is 22.2. The minimum Gasteiger partial charge on any atom is -0.293 e. The minimum absolute atomic E-state index is 0.102. The number of ketones is 2. The van der Waals surface area contributed by atoms with E-state index in [1.54, 1.807) is 34.0 Å². The van der Waals surface area contributed by atoms with E-state index in [1.165, 1.54) is 0 Å². The Morgan fingerprint density at radius 3 is 1.50 bits per heavy atom. The zero-order valence-electron chi connectivity index (χ0n) is 21.0. The van der Waals surface area contributed by atoms with Crippen LogP contribution < -0.4 is 0 Å². The van der Waals surface area contributed by atoms with E-state index in [1.807, 2.05) is 12.1 Å². The highest BCUT2D eigenvalue weighted by atomic mass is 32.1. The van der Waals surface area contributed by atoms with Gasteiger partial charge in [-0.2, -0.15) is 0 Å². The van der Waals surface area contributed by atoms with Gasteiger partial charge in [-0.3, -0.25) is 9.59 Å². The average molecular weight is 511 g/mol. The summed E-state index contributed by atoms with van der Waals surface area (Å²) in [7, 11) is 0. The van der Waals surface area contributed by atoms with Gasteiger partial charge in [0.2, 0.25) is 0 Å². The number of carbonyl (C=O) groups excluding carboxylic acids is 2. The Morgan fingerprint density at radius 1 is 0.765 bits per heavy atom. The Morgan fingerprint density at radius 2 is 1.18 bits per heavy atom. The lowest BCUT2D eigenvalue weighted by molar-refractivity contribution is 0.0691. The molecule has 0 radical (unpaired) electrons. The topological polar surface area (TPSA) is 34.1 Å². The van der Waals surface area contributed by atoms with E-state index in [4.69, 9.17) is 0 Å². The summed E-state index contributed by atoms with van der Waals surface area (Å²) in [6, 6.07) is 8.22. The summed E-state index contributed by atoms with van der Waals surface area (Å²) in [5.74, 6) is 1.00. The second-order valence-electron chi connectivity index (χ2n) is 12.7. The third-order valence-corrected chi connectivity index (χ3v) is 10.6. The third-order valence-electron chi connectivity index (χ3n) is 7.36. The lowest BCUT2D eigenvalue weighted by Gasteiger charge is -2.31. The standard InChI is InChI=1S/C29H34O2S3/c1-27(2,3)13-17-15-29(16-18(17)14-28(4,5)6)25(30)21-22(26(29)31)24(20-10-8-12-33-20)34-23(21)19-9-7-11-32-19/h7-12,17-18H,13-16H2,1-6H3. The number of thiophene rings is 3. The second-order valence-corrected chi connectivity index (χ2v) is 15.6. The molecule has 2 aliphatic rings. The molecule has 0 saturated heterocycles. The highest BCUT2D eigenvalue weighted by Gasteiger charge is 2.61. The molecule has 0 bridgehead atoms. The number of Topliss-reactive ketones (excluding diaryl/α,β-unsaturated/α-hetero) is 2. The quantitative estimate of drug-likeness (QED) is 0.328. The molecule has 2 unspecified atom stereocenters. The van der Waals surface area contributed by atoms with Crippen LogP contribution in [0.5, 0.6) is 0 Å². The van der Waals surface area contributed by atoms with Crippen LogP contribution >= 0.6 is 34.0 Å². The Hall–Kier alpha value is -1.56. The molecule has 3 aromatic heterocycles. The van der Waals surface area contributed by atoms with Crippen molar-refractivity contribution in [3.8, 4) is 19.5 Å². The first-order valence-electron chi connectivity index (χ1n) is 12.2. The zero-order valence-corrected chi connectivity index (χ0v) is 23.4. The molecular weight excluding hydrogens is 477 g/mol. The van der Waals surface area contributed by atoms with Crippen molar-refractivity contribution in [3.63, 3.8) is 0 Å². The van der Waals surface area contributed by atoms with Crippen LogP contribution in [0.1, 0.15) is 87.9 Å². The molecule has 1 saturated carbocycles. The van der Waals surface area contributed by atoms with Crippen LogP contribution in [0.15, 0.2) is 35.0 Å². The van der Waals surface area contributed by atoms with E-state index >= 15 is 0 Å². The maximum atomic E-state index is 14.3. The van der Waals surface area contributed by atoms with Crippen molar-refractivity contribution in [3.05, 3.63) is 46.2 Å². The van der Waals surface area contributed by atoms with Crippen LogP contribution in [-0.2, 0) is 0 Å². The van der Waals surface area contributed by atoms with Gasteiger partial charge in [0.25, 0.3) is 0 Å². The van der Waals surface area contributed by atoms with Crippen LogP contribution in [0.25, 0.3) is 19.5 Å². The van der Waals surface area contributed by atoms with Crippen molar-refractivity contribution >= 4 is 45.6 Å². The van der Waals surface area contributed by atoms with Gasteiger partial charge >= 0.3 is 0 Å². The first-order valence-corrected chi connectivity index (χ1v) is 14.8. The van der Waals surface area contributed by atoms with Crippen LogP contribution in [0.4, 0.5) is 0 Å². The van der Waals surface area contributed by atoms with Crippen LogP contribution in [0, 0.1) is 28.1 Å². The van der Waals surface area contributed by atoms with Crippen LogP contribution in [-0.4, -0.2) is 11.6 Å². The summed E-state index contributed by atoms with van der Waals surface area (Å²) < 4.78 is 0. The summed E-state index contributed by atoms with van der Waals surface area (Å²) in [6.07, 6.45) is 3.52. The number of fused-ring (bicyclic) bond motifs is 1. The molecule has 3 heterocycles. The van der Waals surface area contributed by atoms with Crippen molar-refractivity contribution in [2.45, 2.75) is 67.2 Å². The summed E-state index contributed by atoms with van der Waals surface area (Å²) in [5, 5.41) is 4.11. The molecule has 2 nitrogen and oxygen atoms in total. The molecule has 34 heavy (non-hydrogen) atoms. The van der Waals surface area contributed by atoms with Gasteiger partial charge in [-0.25, -0.2) is 0 Å². The first-order chi connectivity index (χ1) is 15.9. The Balaban J connectivity index is 1.63. The summed E-state index contributed by atoms with van der Waals surface area (Å²) in [6.45, 7) is 13.7. The predicted molar refractivity (Wildman–Crippen MR) is 146 cm³/mol. The van der Waals surface area contributed by atoms with Gasteiger partial charge < -0.3 is 0 Å². The van der Waals surface area contributed by atoms with E-state index in [2.05, 4.69) is 64.4 Å². The molecule has 0 aliphatic heterocycles. The van der Waals surface area contributed by atoms with Crippen molar-refractivity contribution in [2.75, 3.05) is 0 Å². The third kappa shape index (κ3) is 4.08. The lowest BCUT2D eigenvalue weighted by atomic mass is 9.74. The van der Waals surface area contributed by atoms with Gasteiger partial charge in [0.05, 0.1) is 15.2 Å². The second kappa shape index (κ2) is 8.25. The maximum Gasteiger partial charge on any atom is 0.179 e. The van der Waals surface area contributed by atoms with E-state index < -0.39 is 5.41 Å². The smallest absolute Gasteiger partial charge is 0.179 e. The molecular formula is C29H34O2S3. The maximum absolute atomic E-state index is 14.3. The molecule has 2 atom stereocenters. The van der Waals surface area contributed by atoms with E-state index in [0.717, 1.165) is 32.4 Å². The molecule has 0 N–H and O–H groups in total. The number of carbonyl (C=O) groups is 2. The number of rotatable bonds is 4. The Kier molecular flexibility index (Phi) is 5.86. The van der Waals surface area contributed by atoms with Crippen LogP contribution in [0.3, 0.4) is 0 Å². The molecule has 1 spiro atoms. The Bertz CT molecular complexity index is 1120. The summed E-state index contributed by atoms with van der Waals surface area (Å²) >= 11 is 4.94. The Labute approximate surface area is 215 Å². The SMILES string of the molecule is CC(C)(C)CC1CC2(CC1CC(C)(C)C)C(=O)c1c(-c3cccs3)sc(-c3cccs3)c1C2=O. The molecule has 5 rings (SSSR count). The fourth-order valence-corrected chi connectivity index (χ4v) is 9.36. The van der Waals surface area contributed by atoms with Crippen molar-refractivity contribution in [1.82, 2.24) is 0 Å². The number of hydrogen-bond acceptors (Lipinski definition) is 5. The predicted octanol–water partition coefficient (Wildman–Crippen LogP) is 9.47. The molecule has 3 aromatic rings. The fourth-order valence-electron chi connectivity index (χ4n) is 6.34. The van der Waals surface area contributed by atoms with Gasteiger partial charge in [0.15, 0.2) is 11.6 Å². The largest absolute Gasteiger partial charge is 0.293 e. The molecule has 1 fully saturated rings. The van der Waals surface area contributed by atoms with E-state index in [-0.39, 0.29) is 22.4 Å². The van der Waals surface area contributed by atoms with Crippen molar-refractivity contribution < 1.29 is 9.59 Å². The summed E-state index contributed by atoms with van der Waals surface area (Å²) in [5.41, 5.74) is 0.901. The first kappa shape index (κ1) is 24.1. The summed E-state index contributed by atoms with van der Waals surface area (Å²) in [4.78, 5) is 32.9. The molecule has 5 heteroatoms. The monoisotopic (exact) mass is 510 g/mol. The fraction of sp³-hybridized carbons (Fsp3) is 0.517. The van der Waals surface area contributed by atoms with Crippen LogP contribution in [0.2, 0.25) is 0 Å². The molecule has 0 amide bonds. The van der Waals surface area contributed by atoms with Gasteiger partial charge in [-0.05, 0) is 71.2 Å².